The van der Waals surface area contributed by atoms with Crippen LogP contribution in [0, 0.1) is 0 Å². The Bertz CT molecular complexity index is 1070. The van der Waals surface area contributed by atoms with Crippen LogP contribution in [-0.2, 0) is 37.1 Å². The van der Waals surface area contributed by atoms with Crippen molar-refractivity contribution in [1.82, 2.24) is 31.5 Å². The van der Waals surface area contributed by atoms with Gasteiger partial charge in [-0.1, -0.05) is 35.5 Å². The Kier molecular flexibility index (Phi) is 11.1. The van der Waals surface area contributed by atoms with Crippen molar-refractivity contribution in [2.45, 2.75) is 63.9 Å². The molecule has 202 valence electrons. The quantitative estimate of drug-likeness (QED) is 0.122. The minimum atomic E-state index is -1.10. The molecule has 37 heavy (non-hydrogen) atoms. The Labute approximate surface area is 220 Å². The second kappa shape index (κ2) is 13.8. The molecule has 1 fully saturated rings. The Balaban J connectivity index is 0.00000481. The summed E-state index contributed by atoms with van der Waals surface area (Å²) in [5.74, 6) is -0.881. The first kappa shape index (κ1) is 29.8. The molecular formula is C23H34ClN8O5+. The van der Waals surface area contributed by atoms with Crippen LogP contribution in [0.5, 0.6) is 0 Å². The van der Waals surface area contributed by atoms with E-state index in [1.807, 2.05) is 30.3 Å². The van der Waals surface area contributed by atoms with Crippen LogP contribution in [0.25, 0.3) is 0 Å². The zero-order valence-electron chi connectivity index (χ0n) is 20.9. The molecule has 6 N–H and O–H groups in total. The molecule has 0 bridgehead atoms. The molecule has 1 saturated heterocycles. The third-order valence-electron chi connectivity index (χ3n) is 5.52. The smallest absolute Gasteiger partial charge is 0.325 e. The van der Waals surface area contributed by atoms with Gasteiger partial charge in [0.25, 0.3) is 0 Å². The number of aromatic amines is 1. The van der Waals surface area contributed by atoms with Gasteiger partial charge in [-0.05, 0) is 25.8 Å². The number of rotatable bonds is 13. The number of benzene rings is 1. The van der Waals surface area contributed by atoms with E-state index in [9.17, 15) is 19.2 Å². The number of nitrogens with zero attached hydrogens (tertiary/aromatic N) is 3. The number of ether oxygens (including phenoxy) is 1. The summed E-state index contributed by atoms with van der Waals surface area (Å²) < 4.78 is 7.51. The molecule has 2 aromatic rings. The van der Waals surface area contributed by atoms with Gasteiger partial charge in [-0.3, -0.25) is 19.2 Å². The second-order valence-electron chi connectivity index (χ2n) is 9.23. The molecule has 2 atom stereocenters. The van der Waals surface area contributed by atoms with Gasteiger partial charge < -0.3 is 26.4 Å². The molecule has 1 unspecified atom stereocenters. The number of hydrogen-bond acceptors (Lipinski definition) is 8. The molecule has 1 aromatic carbocycles. The summed E-state index contributed by atoms with van der Waals surface area (Å²) in [6.07, 6.45) is 0.251. The number of carbonyl (C=O) groups excluding carboxylic acids is 4. The van der Waals surface area contributed by atoms with Crippen LogP contribution in [0.3, 0.4) is 0 Å². The molecule has 1 aliphatic rings. The average Bonchev–Trinajstić information content (AvgIpc) is 3.41. The maximum absolute atomic E-state index is 12.6. The van der Waals surface area contributed by atoms with Crippen molar-refractivity contribution >= 4 is 35.9 Å². The Morgan fingerprint density at radius 1 is 1.27 bits per heavy atom. The highest BCUT2D eigenvalue weighted by Crippen LogP contribution is 2.11. The summed E-state index contributed by atoms with van der Waals surface area (Å²) in [5.41, 5.74) is 5.84. The van der Waals surface area contributed by atoms with Crippen LogP contribution in [0.1, 0.15) is 50.5 Å². The van der Waals surface area contributed by atoms with Crippen LogP contribution in [-0.4, -0.2) is 63.8 Å². The third-order valence-corrected chi connectivity index (χ3v) is 5.52. The van der Waals surface area contributed by atoms with Gasteiger partial charge in [0.1, 0.15) is 11.1 Å². The third kappa shape index (κ3) is 9.19. The molecule has 2 heterocycles. The normalized spacial score (nSPS) is 16.0. The van der Waals surface area contributed by atoms with Gasteiger partial charge in [-0.15, -0.1) is 12.4 Å². The lowest BCUT2D eigenvalue weighted by Gasteiger charge is -2.22. The van der Waals surface area contributed by atoms with Crippen LogP contribution < -0.4 is 26.4 Å². The van der Waals surface area contributed by atoms with Gasteiger partial charge in [-0.2, -0.15) is 4.68 Å². The SMILES string of the molecule is CC(C)(N)C(=O)N[C@H](COCc1ccccc1)c1nn[nH][n+]1CCCNC(=O)CC1NC(=O)CC1=O.Cl. The molecule has 1 aromatic heterocycles. The molecule has 0 spiro atoms. The average molecular weight is 538 g/mol. The van der Waals surface area contributed by atoms with Crippen LogP contribution in [0.4, 0.5) is 0 Å². The van der Waals surface area contributed by atoms with Gasteiger partial charge in [0.15, 0.2) is 11.0 Å². The molecular weight excluding hydrogens is 504 g/mol. The monoisotopic (exact) mass is 537 g/mol. The summed E-state index contributed by atoms with van der Waals surface area (Å²) in [7, 11) is 0. The van der Waals surface area contributed by atoms with Gasteiger partial charge >= 0.3 is 5.82 Å². The molecule has 3 amide bonds. The first-order valence-electron chi connectivity index (χ1n) is 11.7. The van der Waals surface area contributed by atoms with E-state index in [0.717, 1.165) is 5.56 Å². The van der Waals surface area contributed by atoms with Gasteiger partial charge in [0.05, 0.1) is 44.2 Å². The predicted octanol–water partition coefficient (Wildman–Crippen LogP) is -1.02. The summed E-state index contributed by atoms with van der Waals surface area (Å²) in [5, 5.41) is 18.9. The van der Waals surface area contributed by atoms with Gasteiger partial charge in [0.2, 0.25) is 17.7 Å². The number of nitrogens with two attached hydrogens (primary N) is 1. The van der Waals surface area contributed by atoms with Crippen LogP contribution in [0.2, 0.25) is 0 Å². The highest BCUT2D eigenvalue weighted by Gasteiger charge is 2.33. The fraction of sp³-hybridized carbons (Fsp3) is 0.522. The fourth-order valence-corrected chi connectivity index (χ4v) is 3.54. The molecule has 3 rings (SSSR count). The predicted molar refractivity (Wildman–Crippen MR) is 133 cm³/mol. The fourth-order valence-electron chi connectivity index (χ4n) is 3.54. The van der Waals surface area contributed by atoms with E-state index in [1.54, 1.807) is 18.5 Å². The van der Waals surface area contributed by atoms with Crippen molar-refractivity contribution in [2.24, 2.45) is 5.73 Å². The number of tetrazole rings is 1. The number of aryl methyl sites for hydroxylation is 1. The second-order valence-corrected chi connectivity index (χ2v) is 9.23. The number of amides is 3. The number of nitrogens with one attached hydrogen (secondary N) is 4. The Morgan fingerprint density at radius 2 is 2.00 bits per heavy atom. The van der Waals surface area contributed by atoms with E-state index in [4.69, 9.17) is 10.5 Å². The molecule has 0 aliphatic carbocycles. The summed E-state index contributed by atoms with van der Waals surface area (Å²) in [4.78, 5) is 47.6. The number of halogens is 1. The maximum Gasteiger partial charge on any atom is 0.325 e. The first-order valence-corrected chi connectivity index (χ1v) is 11.7. The van der Waals surface area contributed by atoms with Gasteiger partial charge in [0, 0.05) is 6.54 Å². The van der Waals surface area contributed by atoms with Crippen LogP contribution >= 0.6 is 12.4 Å². The lowest BCUT2D eigenvalue weighted by atomic mass is 10.1. The number of Topliss-reactive ketones (excluding diaryl/α,β-unsaturated/α-hetero) is 1. The van der Waals surface area contributed by atoms with E-state index >= 15 is 0 Å². The zero-order valence-corrected chi connectivity index (χ0v) is 21.7. The topological polar surface area (TPSA) is 185 Å². The van der Waals surface area contributed by atoms with Crippen molar-refractivity contribution < 1.29 is 28.6 Å². The zero-order chi connectivity index (χ0) is 26.1. The summed E-state index contributed by atoms with van der Waals surface area (Å²) >= 11 is 0. The standard InChI is InChI=1S/C23H32N8O5.ClH/c1-23(2,24)22(35)27-17(14-36-13-15-7-4-3-5-8-15)21-28-29-30-31(21)10-6-9-25-19(33)11-16-18(32)12-20(34)26-16;/h3-5,7-8,16-17H,6,9-14,24H2,1-2H3,(H3,25,26,27,33,34,35);1H/p+1/t16?,17-;/m1./s1. The van der Waals surface area contributed by atoms with Crippen molar-refractivity contribution in [1.29, 1.82) is 0 Å². The number of hydrogen-bond donors (Lipinski definition) is 5. The number of ketones is 1. The van der Waals surface area contributed by atoms with Gasteiger partial charge in [-0.25, -0.2) is 0 Å². The molecule has 13 nitrogen and oxygen atoms in total. The van der Waals surface area contributed by atoms with Crippen molar-refractivity contribution in [3.63, 3.8) is 0 Å². The Hall–Kier alpha value is -3.42. The van der Waals surface area contributed by atoms with Crippen molar-refractivity contribution in [2.75, 3.05) is 13.2 Å². The summed E-state index contributed by atoms with van der Waals surface area (Å²) in [6.45, 7) is 4.45. The largest absolute Gasteiger partial charge is 0.374 e. The number of carbonyl (C=O) groups is 4. The molecule has 14 heteroatoms. The molecule has 1 aliphatic heterocycles. The minimum Gasteiger partial charge on any atom is -0.374 e. The van der Waals surface area contributed by atoms with Crippen molar-refractivity contribution in [3.8, 4) is 0 Å². The van der Waals surface area contributed by atoms with E-state index in [0.29, 0.717) is 31.9 Å². The lowest BCUT2D eigenvalue weighted by molar-refractivity contribution is -0.762. The first-order chi connectivity index (χ1) is 17.1. The lowest BCUT2D eigenvalue weighted by Crippen LogP contribution is -2.53. The number of aromatic nitrogens is 4. The van der Waals surface area contributed by atoms with Crippen LogP contribution in [0.15, 0.2) is 30.3 Å². The van der Waals surface area contributed by atoms with E-state index in [2.05, 4.69) is 31.5 Å². The van der Waals surface area contributed by atoms with E-state index in [-0.39, 0.29) is 55.4 Å². The van der Waals surface area contributed by atoms with Crippen molar-refractivity contribution in [3.05, 3.63) is 41.7 Å². The Morgan fingerprint density at radius 3 is 2.65 bits per heavy atom. The molecule has 0 radical (unpaired) electrons. The van der Waals surface area contributed by atoms with E-state index < -0.39 is 17.6 Å². The highest BCUT2D eigenvalue weighted by atomic mass is 35.5. The minimum absolute atomic E-state index is 0. The van der Waals surface area contributed by atoms with E-state index in [1.165, 1.54) is 0 Å². The number of H-pyrrole nitrogens is 1. The molecule has 0 saturated carbocycles. The maximum atomic E-state index is 12.6. The highest BCUT2D eigenvalue weighted by molar-refractivity contribution is 6.08. The summed E-state index contributed by atoms with van der Waals surface area (Å²) in [6, 6.07) is 8.26.